The molecule has 0 bridgehead atoms. The van der Waals surface area contributed by atoms with Crippen LogP contribution in [0.1, 0.15) is 30.4 Å². The number of rotatable bonds is 5. The van der Waals surface area contributed by atoms with Crippen LogP contribution in [0.5, 0.6) is 0 Å². The van der Waals surface area contributed by atoms with Gasteiger partial charge in [0.1, 0.15) is 0 Å². The van der Waals surface area contributed by atoms with Gasteiger partial charge in [0.05, 0.1) is 6.42 Å². The van der Waals surface area contributed by atoms with Crippen LogP contribution in [-0.2, 0) is 11.2 Å². The number of aryl methyl sites for hydroxylation is 1. The van der Waals surface area contributed by atoms with Crippen molar-refractivity contribution in [3.8, 4) is 0 Å². The Morgan fingerprint density at radius 1 is 1.33 bits per heavy atom. The van der Waals surface area contributed by atoms with E-state index in [0.717, 1.165) is 18.4 Å². The van der Waals surface area contributed by atoms with Crippen LogP contribution in [0.2, 0.25) is 0 Å². The Hall–Kier alpha value is -1.02. The number of carbonyl (C=O) groups is 1. The van der Waals surface area contributed by atoms with E-state index in [2.05, 4.69) is 19.1 Å². The van der Waals surface area contributed by atoms with Gasteiger partial charge < -0.3 is 4.90 Å². The predicted octanol–water partition coefficient (Wildman–Crippen LogP) is 3.16. The van der Waals surface area contributed by atoms with Gasteiger partial charge in [-0.15, -0.1) is 11.6 Å². The third kappa shape index (κ3) is 3.26. The Kier molecular flexibility index (Phi) is 4.65. The lowest BCUT2D eigenvalue weighted by Crippen LogP contribution is -2.45. The molecule has 0 aliphatic heterocycles. The molecule has 0 atom stereocenters. The summed E-state index contributed by atoms with van der Waals surface area (Å²) >= 11 is 5.80. The minimum Gasteiger partial charge on any atom is -0.338 e. The number of nitrogens with zero attached hydrogens (tertiary/aromatic N) is 1. The van der Waals surface area contributed by atoms with E-state index >= 15 is 0 Å². The van der Waals surface area contributed by atoms with E-state index in [1.807, 2.05) is 17.0 Å². The molecule has 18 heavy (non-hydrogen) atoms. The van der Waals surface area contributed by atoms with Gasteiger partial charge in [0.25, 0.3) is 0 Å². The maximum atomic E-state index is 12.3. The molecule has 1 amide bonds. The Morgan fingerprint density at radius 3 is 2.50 bits per heavy atom. The first-order chi connectivity index (χ1) is 8.70. The number of carbonyl (C=O) groups excluding carboxylic acids is 1. The minimum absolute atomic E-state index is 0.212. The Balaban J connectivity index is 1.97. The molecule has 0 aromatic heterocycles. The Bertz CT molecular complexity index is 397. The van der Waals surface area contributed by atoms with Crippen LogP contribution < -0.4 is 0 Å². The smallest absolute Gasteiger partial charge is 0.227 e. The van der Waals surface area contributed by atoms with Gasteiger partial charge >= 0.3 is 0 Å². The number of alkyl halides is 1. The summed E-state index contributed by atoms with van der Waals surface area (Å²) in [4.78, 5) is 14.3. The summed E-state index contributed by atoms with van der Waals surface area (Å²) in [6.07, 6.45) is 4.00. The Morgan fingerprint density at radius 2 is 2.00 bits per heavy atom. The molecule has 1 saturated carbocycles. The fourth-order valence-corrected chi connectivity index (χ4v) is 2.46. The van der Waals surface area contributed by atoms with Gasteiger partial charge in [-0.05, 0) is 31.7 Å². The zero-order chi connectivity index (χ0) is 13.0. The summed E-state index contributed by atoms with van der Waals surface area (Å²) in [7, 11) is 0. The first-order valence-corrected chi connectivity index (χ1v) is 7.15. The molecule has 0 unspecified atom stereocenters. The summed E-state index contributed by atoms with van der Waals surface area (Å²) in [5.74, 6) is 0.736. The van der Waals surface area contributed by atoms with Crippen molar-refractivity contribution in [2.24, 2.45) is 0 Å². The molecule has 0 N–H and O–H groups in total. The van der Waals surface area contributed by atoms with E-state index in [9.17, 15) is 4.79 Å². The number of halogens is 1. The highest BCUT2D eigenvalue weighted by Gasteiger charge is 2.27. The zero-order valence-electron chi connectivity index (χ0n) is 10.9. The van der Waals surface area contributed by atoms with Crippen molar-refractivity contribution in [1.82, 2.24) is 4.90 Å². The molecule has 98 valence electrons. The van der Waals surface area contributed by atoms with E-state index in [1.165, 1.54) is 12.0 Å². The molecule has 1 aromatic rings. The fourth-order valence-electron chi connectivity index (χ4n) is 2.28. The maximum Gasteiger partial charge on any atom is 0.227 e. The molecule has 3 heteroatoms. The molecular formula is C15H20ClNO. The van der Waals surface area contributed by atoms with E-state index in [-0.39, 0.29) is 5.91 Å². The van der Waals surface area contributed by atoms with E-state index in [0.29, 0.717) is 24.9 Å². The minimum atomic E-state index is 0.212. The third-order valence-corrected chi connectivity index (χ3v) is 3.81. The highest BCUT2D eigenvalue weighted by molar-refractivity contribution is 6.18. The van der Waals surface area contributed by atoms with Crippen molar-refractivity contribution in [3.05, 3.63) is 35.4 Å². The molecule has 1 aliphatic rings. The van der Waals surface area contributed by atoms with Crippen LogP contribution in [0.15, 0.2) is 24.3 Å². The zero-order valence-corrected chi connectivity index (χ0v) is 11.6. The third-order valence-electron chi connectivity index (χ3n) is 3.64. The predicted molar refractivity (Wildman–Crippen MR) is 75.0 cm³/mol. The number of amides is 1. The molecule has 0 saturated heterocycles. The first-order valence-electron chi connectivity index (χ1n) is 6.61. The average molecular weight is 266 g/mol. The van der Waals surface area contributed by atoms with Crippen LogP contribution in [-0.4, -0.2) is 29.3 Å². The summed E-state index contributed by atoms with van der Waals surface area (Å²) < 4.78 is 0. The van der Waals surface area contributed by atoms with Gasteiger partial charge in [0.15, 0.2) is 0 Å². The standard InChI is InChI=1S/C15H20ClNO/c1-12-5-7-13(8-6-12)11-15(18)17(10-9-16)14-3-2-4-14/h5-8,14H,2-4,9-11H2,1H3. The molecule has 0 radical (unpaired) electrons. The molecule has 1 aromatic carbocycles. The van der Waals surface area contributed by atoms with Crippen LogP contribution in [0.25, 0.3) is 0 Å². The van der Waals surface area contributed by atoms with E-state index in [4.69, 9.17) is 11.6 Å². The summed E-state index contributed by atoms with van der Waals surface area (Å²) in [6, 6.07) is 8.61. The number of hydrogen-bond donors (Lipinski definition) is 0. The van der Waals surface area contributed by atoms with E-state index < -0.39 is 0 Å². The van der Waals surface area contributed by atoms with Gasteiger partial charge in [0.2, 0.25) is 5.91 Å². The normalized spacial score (nSPS) is 15.2. The van der Waals surface area contributed by atoms with Gasteiger partial charge in [-0.3, -0.25) is 4.79 Å². The summed E-state index contributed by atoms with van der Waals surface area (Å²) in [6.45, 7) is 2.73. The van der Waals surface area contributed by atoms with Crippen molar-refractivity contribution in [2.45, 2.75) is 38.6 Å². The second-order valence-corrected chi connectivity index (χ2v) is 5.40. The quantitative estimate of drug-likeness (QED) is 0.749. The van der Waals surface area contributed by atoms with Crippen LogP contribution in [0, 0.1) is 6.92 Å². The molecule has 0 spiro atoms. The van der Waals surface area contributed by atoms with Crippen molar-refractivity contribution < 1.29 is 4.79 Å². The van der Waals surface area contributed by atoms with Gasteiger partial charge in [0, 0.05) is 18.5 Å². The highest BCUT2D eigenvalue weighted by Crippen LogP contribution is 2.25. The lowest BCUT2D eigenvalue weighted by Gasteiger charge is -2.37. The van der Waals surface area contributed by atoms with Crippen molar-refractivity contribution in [1.29, 1.82) is 0 Å². The Labute approximate surface area is 114 Å². The van der Waals surface area contributed by atoms with Crippen LogP contribution in [0.3, 0.4) is 0 Å². The molecule has 1 aliphatic carbocycles. The van der Waals surface area contributed by atoms with Gasteiger partial charge in [-0.2, -0.15) is 0 Å². The second-order valence-electron chi connectivity index (χ2n) is 5.02. The topological polar surface area (TPSA) is 20.3 Å². The number of benzene rings is 1. The molecular weight excluding hydrogens is 246 g/mol. The molecule has 1 fully saturated rings. The lowest BCUT2D eigenvalue weighted by molar-refractivity contribution is -0.134. The molecule has 2 rings (SSSR count). The van der Waals surface area contributed by atoms with Crippen molar-refractivity contribution >= 4 is 17.5 Å². The van der Waals surface area contributed by atoms with Crippen LogP contribution in [0.4, 0.5) is 0 Å². The highest BCUT2D eigenvalue weighted by atomic mass is 35.5. The lowest BCUT2D eigenvalue weighted by atomic mass is 9.91. The van der Waals surface area contributed by atoms with Crippen molar-refractivity contribution in [2.75, 3.05) is 12.4 Å². The fraction of sp³-hybridized carbons (Fsp3) is 0.533. The van der Waals surface area contributed by atoms with Crippen molar-refractivity contribution in [3.63, 3.8) is 0 Å². The second kappa shape index (κ2) is 6.24. The largest absolute Gasteiger partial charge is 0.338 e. The summed E-state index contributed by atoms with van der Waals surface area (Å²) in [5.41, 5.74) is 2.31. The van der Waals surface area contributed by atoms with Gasteiger partial charge in [-0.1, -0.05) is 29.8 Å². The van der Waals surface area contributed by atoms with Gasteiger partial charge in [-0.25, -0.2) is 0 Å². The first kappa shape index (κ1) is 13.4. The average Bonchev–Trinajstić information content (AvgIpc) is 2.29. The monoisotopic (exact) mass is 265 g/mol. The molecule has 2 nitrogen and oxygen atoms in total. The number of hydrogen-bond acceptors (Lipinski definition) is 1. The van der Waals surface area contributed by atoms with E-state index in [1.54, 1.807) is 0 Å². The molecule has 0 heterocycles. The maximum absolute atomic E-state index is 12.3. The SMILES string of the molecule is Cc1ccc(CC(=O)N(CCCl)C2CCC2)cc1. The van der Waals surface area contributed by atoms with Crippen LogP contribution >= 0.6 is 11.6 Å². The summed E-state index contributed by atoms with van der Waals surface area (Å²) in [5, 5.41) is 0.